The maximum atomic E-state index is 5.88. The third-order valence-corrected chi connectivity index (χ3v) is 6.02. The minimum Gasteiger partial charge on any atom is -0.354 e. The van der Waals surface area contributed by atoms with Gasteiger partial charge in [-0.3, -0.25) is 4.90 Å². The molecular formula is C22H22ClN5. The van der Waals surface area contributed by atoms with Crippen molar-refractivity contribution in [1.82, 2.24) is 20.1 Å². The number of aromatic nitrogens is 3. The number of pyridine rings is 1. The van der Waals surface area contributed by atoms with Crippen molar-refractivity contribution in [3.8, 4) is 11.3 Å². The Kier molecular flexibility index (Phi) is 4.71. The Morgan fingerprint density at radius 3 is 2.29 bits per heavy atom. The maximum Gasteiger partial charge on any atom is 0.151 e. The predicted molar refractivity (Wildman–Crippen MR) is 111 cm³/mol. The lowest BCUT2D eigenvalue weighted by Gasteiger charge is -2.22. The Morgan fingerprint density at radius 1 is 0.857 bits per heavy atom. The normalized spacial score (nSPS) is 21.8. The van der Waals surface area contributed by atoms with E-state index in [2.05, 4.69) is 55.3 Å². The van der Waals surface area contributed by atoms with Crippen molar-refractivity contribution in [2.75, 3.05) is 31.1 Å². The van der Waals surface area contributed by atoms with Crippen LogP contribution < -0.4 is 4.90 Å². The standard InChI is InChI=1S/C22H22ClN5/c23-21-8-6-16(10-24-21)11-27-12-18-14-28(15-19(18)13-27)22-9-7-20(25-26-22)17-4-2-1-3-5-17/h1-10,18-19H,11-15H2. The lowest BCUT2D eigenvalue weighted by molar-refractivity contribution is 0.308. The molecule has 2 unspecified atom stereocenters. The number of hydrogen-bond donors (Lipinski definition) is 0. The van der Waals surface area contributed by atoms with Gasteiger partial charge in [-0.1, -0.05) is 48.0 Å². The summed E-state index contributed by atoms with van der Waals surface area (Å²) in [7, 11) is 0. The van der Waals surface area contributed by atoms with Crippen molar-refractivity contribution < 1.29 is 0 Å². The summed E-state index contributed by atoms with van der Waals surface area (Å²) in [6.45, 7) is 5.31. The first-order chi connectivity index (χ1) is 13.7. The van der Waals surface area contributed by atoms with Gasteiger partial charge in [0, 0.05) is 44.5 Å². The van der Waals surface area contributed by atoms with Crippen molar-refractivity contribution in [2.45, 2.75) is 6.54 Å². The summed E-state index contributed by atoms with van der Waals surface area (Å²) in [5.74, 6) is 2.37. The van der Waals surface area contributed by atoms with Crippen LogP contribution in [0, 0.1) is 11.8 Å². The molecule has 2 aliphatic rings. The maximum absolute atomic E-state index is 5.88. The quantitative estimate of drug-likeness (QED) is 0.633. The van der Waals surface area contributed by atoms with Crippen LogP contribution >= 0.6 is 11.6 Å². The first-order valence-electron chi connectivity index (χ1n) is 9.71. The molecule has 0 aliphatic carbocycles. The topological polar surface area (TPSA) is 45.2 Å². The smallest absolute Gasteiger partial charge is 0.151 e. The Labute approximate surface area is 170 Å². The summed E-state index contributed by atoms with van der Waals surface area (Å²) in [4.78, 5) is 9.11. The Morgan fingerprint density at radius 2 is 1.64 bits per heavy atom. The fourth-order valence-corrected chi connectivity index (χ4v) is 4.53. The average molecular weight is 392 g/mol. The Bertz CT molecular complexity index is 915. The molecule has 5 nitrogen and oxygen atoms in total. The van der Waals surface area contributed by atoms with E-state index in [0.717, 1.165) is 49.8 Å². The van der Waals surface area contributed by atoms with Crippen LogP contribution in [0.1, 0.15) is 5.56 Å². The molecule has 142 valence electrons. The molecule has 2 aliphatic heterocycles. The van der Waals surface area contributed by atoms with Gasteiger partial charge in [0.15, 0.2) is 5.82 Å². The molecule has 1 aromatic carbocycles. The summed E-state index contributed by atoms with van der Waals surface area (Å²) in [6, 6.07) is 18.3. The van der Waals surface area contributed by atoms with Gasteiger partial charge in [0.2, 0.25) is 0 Å². The third-order valence-electron chi connectivity index (χ3n) is 5.80. The van der Waals surface area contributed by atoms with Gasteiger partial charge in [-0.25, -0.2) is 4.98 Å². The second-order valence-electron chi connectivity index (χ2n) is 7.75. The van der Waals surface area contributed by atoms with Gasteiger partial charge >= 0.3 is 0 Å². The monoisotopic (exact) mass is 391 g/mol. The Balaban J connectivity index is 1.20. The van der Waals surface area contributed by atoms with Gasteiger partial charge in [0.25, 0.3) is 0 Å². The molecule has 2 aromatic heterocycles. The van der Waals surface area contributed by atoms with Crippen LogP contribution in [-0.2, 0) is 6.54 Å². The summed E-state index contributed by atoms with van der Waals surface area (Å²) >= 11 is 5.88. The number of anilines is 1. The molecule has 5 rings (SSSR count). The van der Waals surface area contributed by atoms with Gasteiger partial charge in [-0.05, 0) is 35.6 Å². The minimum atomic E-state index is 0.553. The summed E-state index contributed by atoms with van der Waals surface area (Å²) in [5, 5.41) is 9.50. The van der Waals surface area contributed by atoms with E-state index in [-0.39, 0.29) is 0 Å². The van der Waals surface area contributed by atoms with Gasteiger partial charge in [-0.2, -0.15) is 0 Å². The number of fused-ring (bicyclic) bond motifs is 1. The highest BCUT2D eigenvalue weighted by Crippen LogP contribution is 2.34. The van der Waals surface area contributed by atoms with Gasteiger partial charge < -0.3 is 4.90 Å². The molecule has 0 amide bonds. The van der Waals surface area contributed by atoms with Crippen molar-refractivity contribution >= 4 is 17.4 Å². The molecule has 2 fully saturated rings. The fraction of sp³-hybridized carbons (Fsp3) is 0.318. The summed E-state index contributed by atoms with van der Waals surface area (Å²) in [5.41, 5.74) is 3.25. The van der Waals surface area contributed by atoms with Gasteiger partial charge in [0.1, 0.15) is 5.15 Å². The zero-order valence-electron chi connectivity index (χ0n) is 15.6. The largest absolute Gasteiger partial charge is 0.354 e. The zero-order valence-corrected chi connectivity index (χ0v) is 16.3. The van der Waals surface area contributed by atoms with E-state index >= 15 is 0 Å². The molecule has 2 atom stereocenters. The fourth-order valence-electron chi connectivity index (χ4n) is 4.42. The number of benzene rings is 1. The first-order valence-corrected chi connectivity index (χ1v) is 10.1. The molecule has 3 aromatic rings. The highest BCUT2D eigenvalue weighted by molar-refractivity contribution is 6.29. The van der Waals surface area contributed by atoms with Gasteiger partial charge in [0.05, 0.1) is 5.69 Å². The van der Waals surface area contributed by atoms with Crippen LogP contribution in [0.25, 0.3) is 11.3 Å². The highest BCUT2D eigenvalue weighted by Gasteiger charge is 2.40. The van der Waals surface area contributed by atoms with E-state index < -0.39 is 0 Å². The van der Waals surface area contributed by atoms with Crippen LogP contribution in [0.3, 0.4) is 0 Å². The molecule has 2 saturated heterocycles. The van der Waals surface area contributed by atoms with Crippen LogP contribution in [-0.4, -0.2) is 46.3 Å². The summed E-state index contributed by atoms with van der Waals surface area (Å²) < 4.78 is 0. The van der Waals surface area contributed by atoms with E-state index in [9.17, 15) is 0 Å². The lowest BCUT2D eigenvalue weighted by atomic mass is 10.0. The number of hydrogen-bond acceptors (Lipinski definition) is 5. The van der Waals surface area contributed by atoms with Crippen LogP contribution in [0.5, 0.6) is 0 Å². The Hall–Kier alpha value is -2.50. The van der Waals surface area contributed by atoms with E-state index in [1.807, 2.05) is 30.5 Å². The van der Waals surface area contributed by atoms with E-state index in [1.165, 1.54) is 5.56 Å². The summed E-state index contributed by atoms with van der Waals surface area (Å²) in [6.07, 6.45) is 1.88. The zero-order chi connectivity index (χ0) is 18.9. The average Bonchev–Trinajstić information content (AvgIpc) is 3.29. The number of rotatable bonds is 4. The van der Waals surface area contributed by atoms with Crippen LogP contribution in [0.15, 0.2) is 60.8 Å². The highest BCUT2D eigenvalue weighted by atomic mass is 35.5. The van der Waals surface area contributed by atoms with Gasteiger partial charge in [-0.15, -0.1) is 10.2 Å². The minimum absolute atomic E-state index is 0.553. The molecule has 0 bridgehead atoms. The van der Waals surface area contributed by atoms with Crippen molar-refractivity contribution in [3.05, 3.63) is 71.5 Å². The van der Waals surface area contributed by atoms with Crippen LogP contribution in [0.2, 0.25) is 5.15 Å². The number of nitrogens with zero attached hydrogens (tertiary/aromatic N) is 5. The molecular weight excluding hydrogens is 370 g/mol. The molecule has 0 saturated carbocycles. The van der Waals surface area contributed by atoms with E-state index in [1.54, 1.807) is 0 Å². The second kappa shape index (κ2) is 7.49. The van der Waals surface area contributed by atoms with Crippen molar-refractivity contribution in [3.63, 3.8) is 0 Å². The number of halogens is 1. The van der Waals surface area contributed by atoms with Crippen molar-refractivity contribution in [1.29, 1.82) is 0 Å². The molecule has 6 heteroatoms. The molecule has 0 N–H and O–H groups in total. The molecule has 28 heavy (non-hydrogen) atoms. The van der Waals surface area contributed by atoms with E-state index in [0.29, 0.717) is 17.0 Å². The molecule has 0 radical (unpaired) electrons. The predicted octanol–water partition coefficient (Wildman–Crippen LogP) is 3.76. The van der Waals surface area contributed by atoms with Crippen LogP contribution in [0.4, 0.5) is 5.82 Å². The SMILES string of the molecule is Clc1ccc(CN2CC3CN(c4ccc(-c5ccccc5)nn4)CC3C2)cn1. The first kappa shape index (κ1) is 17.6. The molecule has 4 heterocycles. The third kappa shape index (κ3) is 3.60. The van der Waals surface area contributed by atoms with Crippen molar-refractivity contribution in [2.24, 2.45) is 11.8 Å². The lowest BCUT2D eigenvalue weighted by Crippen LogP contribution is -2.29. The molecule has 0 spiro atoms. The second-order valence-corrected chi connectivity index (χ2v) is 8.14. The van der Waals surface area contributed by atoms with E-state index in [4.69, 9.17) is 11.6 Å². The number of likely N-dealkylation sites (tertiary alicyclic amines) is 1.